The molecule has 19 heavy (non-hydrogen) atoms. The molecule has 0 fully saturated rings. The van der Waals surface area contributed by atoms with Crippen LogP contribution in [-0.2, 0) is 13.1 Å². The molecule has 4 N–H and O–H groups in total. The lowest BCUT2D eigenvalue weighted by molar-refractivity contribution is 0.218. The Labute approximate surface area is 112 Å². The molecular formula is C14H17N5. The topological polar surface area (TPSA) is 81.1 Å². The van der Waals surface area contributed by atoms with E-state index in [0.717, 1.165) is 24.3 Å². The van der Waals surface area contributed by atoms with Gasteiger partial charge in [0.1, 0.15) is 5.82 Å². The van der Waals surface area contributed by atoms with Crippen LogP contribution < -0.4 is 11.5 Å². The van der Waals surface area contributed by atoms with E-state index in [1.807, 2.05) is 6.07 Å². The van der Waals surface area contributed by atoms with Crippen molar-refractivity contribution >= 4 is 11.8 Å². The number of nitrogen functional groups attached to an aromatic ring is 2. The first-order valence-corrected chi connectivity index (χ1v) is 6.35. The molecule has 1 aromatic heterocycles. The van der Waals surface area contributed by atoms with Gasteiger partial charge in [-0.3, -0.25) is 4.90 Å². The minimum Gasteiger partial charge on any atom is -0.383 e. The van der Waals surface area contributed by atoms with E-state index in [9.17, 15) is 0 Å². The monoisotopic (exact) mass is 255 g/mol. The minimum atomic E-state index is 0.211. The SMILES string of the molecule is CC1c2nc(N)nc(N)c2CN1Cc1ccccc1. The van der Waals surface area contributed by atoms with E-state index in [4.69, 9.17) is 11.5 Å². The van der Waals surface area contributed by atoms with Gasteiger partial charge in [-0.25, -0.2) is 4.98 Å². The van der Waals surface area contributed by atoms with Crippen LogP contribution in [-0.4, -0.2) is 14.9 Å². The molecule has 3 rings (SSSR count). The van der Waals surface area contributed by atoms with Crippen LogP contribution in [0.5, 0.6) is 0 Å². The second kappa shape index (κ2) is 4.51. The third-order valence-corrected chi connectivity index (χ3v) is 3.62. The van der Waals surface area contributed by atoms with Crippen LogP contribution in [0, 0.1) is 0 Å². The van der Waals surface area contributed by atoms with Crippen molar-refractivity contribution in [3.8, 4) is 0 Å². The molecule has 1 unspecified atom stereocenters. The van der Waals surface area contributed by atoms with Crippen molar-refractivity contribution in [2.45, 2.75) is 26.1 Å². The van der Waals surface area contributed by atoms with Gasteiger partial charge in [0.05, 0.1) is 11.7 Å². The number of hydrogen-bond acceptors (Lipinski definition) is 5. The second-order valence-electron chi connectivity index (χ2n) is 4.90. The number of rotatable bonds is 2. The Morgan fingerprint density at radius 1 is 1.21 bits per heavy atom. The lowest BCUT2D eigenvalue weighted by atomic mass is 10.2. The molecule has 0 spiro atoms. The highest BCUT2D eigenvalue weighted by Gasteiger charge is 2.30. The summed E-state index contributed by atoms with van der Waals surface area (Å²) in [7, 11) is 0. The summed E-state index contributed by atoms with van der Waals surface area (Å²) in [6, 6.07) is 10.6. The van der Waals surface area contributed by atoms with Gasteiger partial charge in [0, 0.05) is 18.7 Å². The Bertz CT molecular complexity index is 596. The summed E-state index contributed by atoms with van der Waals surface area (Å²) in [5.74, 6) is 0.759. The maximum atomic E-state index is 5.93. The van der Waals surface area contributed by atoms with E-state index < -0.39 is 0 Å². The Morgan fingerprint density at radius 2 is 1.95 bits per heavy atom. The van der Waals surface area contributed by atoms with E-state index >= 15 is 0 Å². The van der Waals surface area contributed by atoms with Gasteiger partial charge in [0.25, 0.3) is 0 Å². The fourth-order valence-electron chi connectivity index (χ4n) is 2.57. The van der Waals surface area contributed by atoms with Gasteiger partial charge < -0.3 is 11.5 Å². The highest BCUT2D eigenvalue weighted by Crippen LogP contribution is 2.35. The summed E-state index contributed by atoms with van der Waals surface area (Å²) in [6.45, 7) is 3.77. The van der Waals surface area contributed by atoms with Crippen LogP contribution in [0.25, 0.3) is 0 Å². The first kappa shape index (κ1) is 11.9. The van der Waals surface area contributed by atoms with Gasteiger partial charge in [0.15, 0.2) is 0 Å². The third kappa shape index (κ3) is 2.13. The number of nitrogens with two attached hydrogens (primary N) is 2. The Hall–Kier alpha value is -2.14. The molecule has 1 aromatic carbocycles. The van der Waals surface area contributed by atoms with Crippen molar-refractivity contribution in [1.82, 2.24) is 14.9 Å². The average molecular weight is 255 g/mol. The van der Waals surface area contributed by atoms with Gasteiger partial charge in [-0.05, 0) is 12.5 Å². The molecule has 1 aliphatic heterocycles. The van der Waals surface area contributed by atoms with Gasteiger partial charge in [-0.2, -0.15) is 4.98 Å². The highest BCUT2D eigenvalue weighted by molar-refractivity contribution is 5.48. The summed E-state index contributed by atoms with van der Waals surface area (Å²) in [6.07, 6.45) is 0. The molecular weight excluding hydrogens is 238 g/mol. The molecule has 5 nitrogen and oxygen atoms in total. The summed E-state index contributed by atoms with van der Waals surface area (Å²) in [5.41, 5.74) is 14.9. The van der Waals surface area contributed by atoms with Crippen LogP contribution in [0.3, 0.4) is 0 Å². The summed E-state index contributed by atoms with van der Waals surface area (Å²) in [4.78, 5) is 10.7. The minimum absolute atomic E-state index is 0.211. The van der Waals surface area contributed by atoms with Gasteiger partial charge in [-0.15, -0.1) is 0 Å². The Morgan fingerprint density at radius 3 is 2.68 bits per heavy atom. The standard InChI is InChI=1S/C14H17N5/c1-9-12-11(13(15)18-14(16)17-12)8-19(9)7-10-5-3-2-4-6-10/h2-6,9H,7-8H2,1H3,(H4,15,16,17,18). The fraction of sp³-hybridized carbons (Fsp3) is 0.286. The predicted octanol–water partition coefficient (Wildman–Crippen LogP) is 1.72. The zero-order chi connectivity index (χ0) is 13.4. The zero-order valence-electron chi connectivity index (χ0n) is 10.9. The number of anilines is 2. The molecule has 1 atom stereocenters. The normalized spacial score (nSPS) is 18.5. The van der Waals surface area contributed by atoms with E-state index in [0.29, 0.717) is 5.82 Å². The number of fused-ring (bicyclic) bond motifs is 1. The maximum absolute atomic E-state index is 5.93. The number of aromatic nitrogens is 2. The molecule has 5 heteroatoms. The lowest BCUT2D eigenvalue weighted by Crippen LogP contribution is -2.19. The average Bonchev–Trinajstić information content (AvgIpc) is 2.69. The third-order valence-electron chi connectivity index (χ3n) is 3.62. The molecule has 2 heterocycles. The number of nitrogens with zero attached hydrogens (tertiary/aromatic N) is 3. The zero-order valence-corrected chi connectivity index (χ0v) is 10.9. The van der Waals surface area contributed by atoms with E-state index in [1.165, 1.54) is 5.56 Å². The fourth-order valence-corrected chi connectivity index (χ4v) is 2.57. The van der Waals surface area contributed by atoms with Crippen LogP contribution >= 0.6 is 0 Å². The second-order valence-corrected chi connectivity index (χ2v) is 4.90. The molecule has 2 aromatic rings. The largest absolute Gasteiger partial charge is 0.383 e. The first-order valence-electron chi connectivity index (χ1n) is 6.35. The summed E-state index contributed by atoms with van der Waals surface area (Å²) in [5, 5.41) is 0. The van der Waals surface area contributed by atoms with Crippen molar-refractivity contribution < 1.29 is 0 Å². The van der Waals surface area contributed by atoms with Crippen LogP contribution in [0.1, 0.15) is 29.8 Å². The van der Waals surface area contributed by atoms with Crippen LogP contribution in [0.4, 0.5) is 11.8 Å². The number of hydrogen-bond donors (Lipinski definition) is 2. The van der Waals surface area contributed by atoms with E-state index in [2.05, 4.69) is 46.1 Å². The van der Waals surface area contributed by atoms with Crippen molar-refractivity contribution in [2.75, 3.05) is 11.5 Å². The quantitative estimate of drug-likeness (QED) is 0.854. The molecule has 0 amide bonds. The molecule has 0 aliphatic carbocycles. The van der Waals surface area contributed by atoms with Crippen molar-refractivity contribution in [3.05, 3.63) is 47.2 Å². The maximum Gasteiger partial charge on any atom is 0.222 e. The molecule has 0 saturated carbocycles. The highest BCUT2D eigenvalue weighted by atomic mass is 15.2. The van der Waals surface area contributed by atoms with Gasteiger partial charge in [0.2, 0.25) is 5.95 Å². The molecule has 98 valence electrons. The van der Waals surface area contributed by atoms with Gasteiger partial charge >= 0.3 is 0 Å². The first-order chi connectivity index (χ1) is 9.15. The summed E-state index contributed by atoms with van der Waals surface area (Å²) >= 11 is 0. The molecule has 1 aliphatic rings. The van der Waals surface area contributed by atoms with Crippen LogP contribution in [0.15, 0.2) is 30.3 Å². The van der Waals surface area contributed by atoms with E-state index in [-0.39, 0.29) is 12.0 Å². The van der Waals surface area contributed by atoms with Crippen LogP contribution in [0.2, 0.25) is 0 Å². The van der Waals surface area contributed by atoms with Crippen molar-refractivity contribution in [3.63, 3.8) is 0 Å². The van der Waals surface area contributed by atoms with E-state index in [1.54, 1.807) is 0 Å². The van der Waals surface area contributed by atoms with Crippen molar-refractivity contribution in [2.24, 2.45) is 0 Å². The molecule has 0 radical (unpaired) electrons. The predicted molar refractivity (Wildman–Crippen MR) is 75.0 cm³/mol. The van der Waals surface area contributed by atoms with Crippen molar-refractivity contribution in [1.29, 1.82) is 0 Å². The lowest BCUT2D eigenvalue weighted by Gasteiger charge is -2.20. The van der Waals surface area contributed by atoms with Gasteiger partial charge in [-0.1, -0.05) is 30.3 Å². The molecule has 0 saturated heterocycles. The number of benzene rings is 1. The smallest absolute Gasteiger partial charge is 0.222 e. The Balaban J connectivity index is 1.87. The molecule has 0 bridgehead atoms. The Kier molecular flexibility index (Phi) is 2.83. The summed E-state index contributed by atoms with van der Waals surface area (Å²) < 4.78 is 0.